The lowest BCUT2D eigenvalue weighted by Crippen LogP contribution is -2.35. The number of phenolic OH excluding ortho intramolecular Hbond substituents is 1. The summed E-state index contributed by atoms with van der Waals surface area (Å²) >= 11 is 3.41. The molecule has 2 aromatic rings. The van der Waals surface area contributed by atoms with Crippen LogP contribution < -0.4 is 4.90 Å². The molecule has 0 bridgehead atoms. The van der Waals surface area contributed by atoms with Crippen molar-refractivity contribution in [2.24, 2.45) is 0 Å². The summed E-state index contributed by atoms with van der Waals surface area (Å²) in [4.78, 5) is 14.5. The molecule has 0 aromatic heterocycles. The van der Waals surface area contributed by atoms with Gasteiger partial charge >= 0.3 is 0 Å². The quantitative estimate of drug-likeness (QED) is 0.846. The van der Waals surface area contributed by atoms with E-state index in [9.17, 15) is 9.90 Å². The van der Waals surface area contributed by atoms with Crippen molar-refractivity contribution < 1.29 is 9.90 Å². The number of benzene rings is 2. The molecule has 3 rings (SSSR count). The van der Waals surface area contributed by atoms with E-state index in [1.165, 1.54) is 0 Å². The van der Waals surface area contributed by atoms with Gasteiger partial charge in [0.2, 0.25) is 0 Å². The number of carbonyl (C=O) groups is 1. The van der Waals surface area contributed by atoms with Crippen LogP contribution in [0.25, 0.3) is 0 Å². The molecule has 0 aliphatic carbocycles. The molecule has 21 heavy (non-hydrogen) atoms. The van der Waals surface area contributed by atoms with Gasteiger partial charge in [0.15, 0.2) is 0 Å². The second kappa shape index (κ2) is 5.53. The fourth-order valence-electron chi connectivity index (χ4n) is 2.85. The topological polar surface area (TPSA) is 40.5 Å². The van der Waals surface area contributed by atoms with Crippen LogP contribution in [0.2, 0.25) is 0 Å². The Morgan fingerprint density at radius 2 is 2.10 bits per heavy atom. The van der Waals surface area contributed by atoms with Gasteiger partial charge in [-0.1, -0.05) is 28.1 Å². The number of para-hydroxylation sites is 1. The summed E-state index contributed by atoms with van der Waals surface area (Å²) in [5, 5.41) is 10.1. The van der Waals surface area contributed by atoms with Crippen LogP contribution in [0.15, 0.2) is 40.9 Å². The van der Waals surface area contributed by atoms with Gasteiger partial charge in [0.1, 0.15) is 5.75 Å². The van der Waals surface area contributed by atoms with Crippen molar-refractivity contribution in [2.75, 3.05) is 11.4 Å². The number of aryl methyl sites for hydroxylation is 2. The van der Waals surface area contributed by atoms with Gasteiger partial charge in [-0.25, -0.2) is 0 Å². The van der Waals surface area contributed by atoms with E-state index in [1.54, 1.807) is 11.0 Å². The Hall–Kier alpha value is -1.81. The first-order chi connectivity index (χ1) is 10.1. The molecule has 0 saturated carbocycles. The van der Waals surface area contributed by atoms with Crippen molar-refractivity contribution in [3.05, 3.63) is 57.6 Å². The number of rotatable bonds is 1. The zero-order chi connectivity index (χ0) is 15.0. The second-order valence-electron chi connectivity index (χ2n) is 5.30. The summed E-state index contributed by atoms with van der Waals surface area (Å²) in [7, 11) is 0. The maximum atomic E-state index is 12.8. The average molecular weight is 346 g/mol. The molecule has 0 atom stereocenters. The summed E-state index contributed by atoms with van der Waals surface area (Å²) in [5.41, 5.74) is 3.30. The lowest BCUT2D eigenvalue weighted by Gasteiger charge is -2.30. The molecule has 1 amide bonds. The van der Waals surface area contributed by atoms with E-state index < -0.39 is 0 Å². The van der Waals surface area contributed by atoms with Gasteiger partial charge in [-0.05, 0) is 55.2 Å². The Morgan fingerprint density at radius 3 is 2.86 bits per heavy atom. The number of hydrogen-bond acceptors (Lipinski definition) is 2. The summed E-state index contributed by atoms with van der Waals surface area (Å²) < 4.78 is 0.957. The first-order valence-corrected chi connectivity index (χ1v) is 7.76. The minimum Gasteiger partial charge on any atom is -0.506 e. The van der Waals surface area contributed by atoms with E-state index in [-0.39, 0.29) is 11.7 Å². The third-order valence-electron chi connectivity index (χ3n) is 3.86. The third-order valence-corrected chi connectivity index (χ3v) is 4.35. The first kappa shape index (κ1) is 14.1. The van der Waals surface area contributed by atoms with Gasteiger partial charge < -0.3 is 10.0 Å². The van der Waals surface area contributed by atoms with Gasteiger partial charge in [-0.3, -0.25) is 4.79 Å². The molecule has 4 heteroatoms. The van der Waals surface area contributed by atoms with E-state index in [0.29, 0.717) is 17.8 Å². The van der Waals surface area contributed by atoms with Gasteiger partial charge in [0.05, 0.1) is 5.69 Å². The van der Waals surface area contributed by atoms with E-state index in [1.807, 2.05) is 37.3 Å². The van der Waals surface area contributed by atoms with Crippen molar-refractivity contribution in [1.29, 1.82) is 0 Å². The number of nitrogens with zero attached hydrogens (tertiary/aromatic N) is 1. The van der Waals surface area contributed by atoms with Gasteiger partial charge in [-0.2, -0.15) is 0 Å². The summed E-state index contributed by atoms with van der Waals surface area (Å²) in [6.07, 6.45) is 1.81. The number of fused-ring (bicyclic) bond motifs is 1. The van der Waals surface area contributed by atoms with Crippen LogP contribution in [0.1, 0.15) is 27.9 Å². The van der Waals surface area contributed by atoms with Crippen LogP contribution in [0, 0.1) is 6.92 Å². The SMILES string of the molecule is Cc1cc(Br)ccc1C(=O)N1CCCc2cccc(O)c21. The number of phenols is 1. The van der Waals surface area contributed by atoms with Crippen molar-refractivity contribution in [2.45, 2.75) is 19.8 Å². The molecule has 0 fully saturated rings. The number of carbonyl (C=O) groups excluding carboxylic acids is 1. The summed E-state index contributed by atoms with van der Waals surface area (Å²) in [6.45, 7) is 2.56. The number of hydrogen-bond donors (Lipinski definition) is 1. The largest absolute Gasteiger partial charge is 0.506 e. The van der Waals surface area contributed by atoms with Crippen LogP contribution in [-0.4, -0.2) is 17.6 Å². The number of aromatic hydroxyl groups is 1. The van der Waals surface area contributed by atoms with Crippen molar-refractivity contribution >= 4 is 27.5 Å². The molecule has 108 valence electrons. The number of halogens is 1. The highest BCUT2D eigenvalue weighted by Gasteiger charge is 2.26. The molecule has 0 spiro atoms. The predicted octanol–water partition coefficient (Wildman–Crippen LogP) is 4.06. The highest BCUT2D eigenvalue weighted by molar-refractivity contribution is 9.10. The molecule has 1 aliphatic heterocycles. The molecule has 0 unspecified atom stereocenters. The highest BCUT2D eigenvalue weighted by Crippen LogP contribution is 2.36. The zero-order valence-corrected chi connectivity index (χ0v) is 13.4. The molecular weight excluding hydrogens is 330 g/mol. The van der Waals surface area contributed by atoms with Crippen molar-refractivity contribution in [3.63, 3.8) is 0 Å². The molecule has 3 nitrogen and oxygen atoms in total. The molecule has 1 aliphatic rings. The van der Waals surface area contributed by atoms with Crippen molar-refractivity contribution in [3.8, 4) is 5.75 Å². The predicted molar refractivity (Wildman–Crippen MR) is 87.0 cm³/mol. The normalized spacial score (nSPS) is 13.9. The Morgan fingerprint density at radius 1 is 1.29 bits per heavy atom. The molecular formula is C17H16BrNO2. The van der Waals surface area contributed by atoms with Crippen LogP contribution >= 0.6 is 15.9 Å². The molecule has 2 aromatic carbocycles. The van der Waals surface area contributed by atoms with Crippen LogP contribution in [0.3, 0.4) is 0 Å². The average Bonchev–Trinajstić information content (AvgIpc) is 2.46. The van der Waals surface area contributed by atoms with Gasteiger partial charge in [0.25, 0.3) is 5.91 Å². The van der Waals surface area contributed by atoms with Crippen LogP contribution in [-0.2, 0) is 6.42 Å². The molecule has 1 N–H and O–H groups in total. The van der Waals surface area contributed by atoms with E-state index in [0.717, 1.165) is 28.4 Å². The van der Waals surface area contributed by atoms with Gasteiger partial charge in [0, 0.05) is 16.6 Å². The Labute approximate surface area is 132 Å². The van der Waals surface area contributed by atoms with E-state index >= 15 is 0 Å². The standard InChI is InChI=1S/C17H16BrNO2/c1-11-10-13(18)7-8-14(11)17(21)19-9-3-5-12-4-2-6-15(20)16(12)19/h2,4,6-8,10,20H,3,5,9H2,1H3. The Kier molecular flexibility index (Phi) is 3.72. The lowest BCUT2D eigenvalue weighted by atomic mass is 9.99. The summed E-state index contributed by atoms with van der Waals surface area (Å²) in [5.74, 6) is 0.123. The first-order valence-electron chi connectivity index (χ1n) is 6.97. The smallest absolute Gasteiger partial charge is 0.258 e. The fraction of sp³-hybridized carbons (Fsp3) is 0.235. The Bertz CT molecular complexity index is 712. The van der Waals surface area contributed by atoms with E-state index in [2.05, 4.69) is 15.9 Å². The van der Waals surface area contributed by atoms with Crippen molar-refractivity contribution in [1.82, 2.24) is 0 Å². The number of amides is 1. The third kappa shape index (κ3) is 2.56. The molecule has 0 saturated heterocycles. The highest BCUT2D eigenvalue weighted by atomic mass is 79.9. The molecule has 1 heterocycles. The maximum Gasteiger partial charge on any atom is 0.258 e. The fourth-order valence-corrected chi connectivity index (χ4v) is 3.32. The van der Waals surface area contributed by atoms with Crippen LogP contribution in [0.4, 0.5) is 5.69 Å². The lowest BCUT2D eigenvalue weighted by molar-refractivity contribution is 0.0983. The minimum absolute atomic E-state index is 0.0533. The van der Waals surface area contributed by atoms with Gasteiger partial charge in [-0.15, -0.1) is 0 Å². The number of anilines is 1. The maximum absolute atomic E-state index is 12.8. The minimum atomic E-state index is -0.0533. The Balaban J connectivity index is 2.04. The summed E-state index contributed by atoms with van der Waals surface area (Å²) in [6, 6.07) is 11.1. The van der Waals surface area contributed by atoms with E-state index in [4.69, 9.17) is 0 Å². The monoisotopic (exact) mass is 345 g/mol. The second-order valence-corrected chi connectivity index (χ2v) is 6.22. The van der Waals surface area contributed by atoms with Crippen LogP contribution in [0.5, 0.6) is 5.75 Å². The zero-order valence-electron chi connectivity index (χ0n) is 11.8. The molecule has 0 radical (unpaired) electrons.